The van der Waals surface area contributed by atoms with E-state index in [1.54, 1.807) is 0 Å². The van der Waals surface area contributed by atoms with Gasteiger partial charge in [0.05, 0.1) is 12.1 Å². The molecule has 0 amide bonds. The Morgan fingerprint density at radius 2 is 1.76 bits per heavy atom. The topological polar surface area (TPSA) is 54.6 Å². The second-order valence-electron chi connectivity index (χ2n) is 6.98. The zero-order valence-electron chi connectivity index (χ0n) is 15.6. The van der Waals surface area contributed by atoms with Crippen LogP contribution < -0.4 is 4.74 Å². The van der Waals surface area contributed by atoms with E-state index in [0.29, 0.717) is 11.7 Å². The minimum atomic E-state index is 0.177. The van der Waals surface area contributed by atoms with Crippen molar-refractivity contribution in [3.8, 4) is 5.75 Å². The molecule has 6 heteroatoms. The molecule has 0 spiro atoms. The van der Waals surface area contributed by atoms with Crippen LogP contribution in [0.15, 0.2) is 28.8 Å². The fourth-order valence-corrected chi connectivity index (χ4v) is 3.15. The molecule has 25 heavy (non-hydrogen) atoms. The van der Waals surface area contributed by atoms with E-state index < -0.39 is 0 Å². The fourth-order valence-electron chi connectivity index (χ4n) is 3.15. The van der Waals surface area contributed by atoms with Crippen molar-refractivity contribution in [3.63, 3.8) is 0 Å². The lowest BCUT2D eigenvalue weighted by Gasteiger charge is -2.36. The highest BCUT2D eigenvalue weighted by atomic mass is 16.5. The summed E-state index contributed by atoms with van der Waals surface area (Å²) in [6.07, 6.45) is 0.212. The molecule has 1 aliphatic heterocycles. The summed E-state index contributed by atoms with van der Waals surface area (Å²) in [4.78, 5) is 9.25. The minimum Gasteiger partial charge on any atom is -0.491 e. The molecule has 0 N–H and O–H groups in total. The highest BCUT2D eigenvalue weighted by Crippen LogP contribution is 2.21. The SMILES string of the molecule is Cc1noc([C@@H](C)N2CCN(Cc3ccc(OC(C)C)cc3)CC2)n1. The first kappa shape index (κ1) is 17.9. The molecule has 1 fully saturated rings. The van der Waals surface area contributed by atoms with Crippen LogP contribution in [0.1, 0.15) is 44.1 Å². The average Bonchev–Trinajstić information content (AvgIpc) is 3.03. The van der Waals surface area contributed by atoms with Gasteiger partial charge in [-0.25, -0.2) is 0 Å². The van der Waals surface area contributed by atoms with Crippen molar-refractivity contribution in [3.05, 3.63) is 41.5 Å². The third kappa shape index (κ3) is 4.80. The van der Waals surface area contributed by atoms with Crippen LogP contribution in [0.5, 0.6) is 5.75 Å². The first-order chi connectivity index (χ1) is 12.0. The van der Waals surface area contributed by atoms with Gasteiger partial charge in [-0.05, 0) is 45.4 Å². The molecule has 2 aromatic rings. The molecule has 1 aliphatic rings. The second kappa shape index (κ2) is 7.97. The number of hydrogen-bond donors (Lipinski definition) is 0. The van der Waals surface area contributed by atoms with Crippen molar-refractivity contribution in [2.45, 2.75) is 46.4 Å². The molecular weight excluding hydrogens is 316 g/mol. The van der Waals surface area contributed by atoms with Gasteiger partial charge in [0.1, 0.15) is 5.75 Å². The van der Waals surface area contributed by atoms with Gasteiger partial charge in [-0.1, -0.05) is 17.3 Å². The zero-order chi connectivity index (χ0) is 17.8. The molecule has 0 radical (unpaired) electrons. The van der Waals surface area contributed by atoms with Crippen LogP contribution in [0, 0.1) is 6.92 Å². The van der Waals surface area contributed by atoms with E-state index in [9.17, 15) is 0 Å². The Balaban J connectivity index is 1.49. The van der Waals surface area contributed by atoms with Crippen LogP contribution in [0.2, 0.25) is 0 Å². The van der Waals surface area contributed by atoms with Gasteiger partial charge < -0.3 is 9.26 Å². The molecule has 0 saturated carbocycles. The van der Waals surface area contributed by atoms with Gasteiger partial charge in [-0.15, -0.1) is 0 Å². The van der Waals surface area contributed by atoms with Gasteiger partial charge in [-0.2, -0.15) is 4.98 Å². The van der Waals surface area contributed by atoms with E-state index in [1.165, 1.54) is 5.56 Å². The van der Waals surface area contributed by atoms with Gasteiger partial charge in [-0.3, -0.25) is 9.80 Å². The number of ether oxygens (including phenoxy) is 1. The smallest absolute Gasteiger partial charge is 0.243 e. The Morgan fingerprint density at radius 3 is 2.32 bits per heavy atom. The molecule has 6 nitrogen and oxygen atoms in total. The standard InChI is InChI=1S/C19H28N4O2/c1-14(2)24-18-7-5-17(6-8-18)13-22-9-11-23(12-10-22)15(3)19-20-16(4)21-25-19/h5-8,14-15H,9-13H2,1-4H3/t15-/m1/s1. The predicted molar refractivity (Wildman–Crippen MR) is 96.5 cm³/mol. The van der Waals surface area contributed by atoms with E-state index in [2.05, 4.69) is 51.1 Å². The Hall–Kier alpha value is -1.92. The van der Waals surface area contributed by atoms with E-state index in [0.717, 1.165) is 38.5 Å². The van der Waals surface area contributed by atoms with E-state index in [-0.39, 0.29) is 12.1 Å². The Bertz CT molecular complexity index is 660. The molecule has 1 saturated heterocycles. The van der Waals surface area contributed by atoms with Gasteiger partial charge in [0, 0.05) is 32.7 Å². The molecule has 0 bridgehead atoms. The number of piperazine rings is 1. The van der Waals surface area contributed by atoms with Gasteiger partial charge in [0.2, 0.25) is 5.89 Å². The molecule has 2 heterocycles. The summed E-state index contributed by atoms with van der Waals surface area (Å²) >= 11 is 0. The van der Waals surface area contributed by atoms with Crippen molar-refractivity contribution < 1.29 is 9.26 Å². The van der Waals surface area contributed by atoms with E-state index in [1.807, 2.05) is 20.8 Å². The summed E-state index contributed by atoms with van der Waals surface area (Å²) in [6, 6.07) is 8.62. The number of aryl methyl sites for hydroxylation is 1. The maximum atomic E-state index is 5.70. The van der Waals surface area contributed by atoms with Gasteiger partial charge >= 0.3 is 0 Å². The van der Waals surface area contributed by atoms with Crippen molar-refractivity contribution in [2.75, 3.05) is 26.2 Å². The number of hydrogen-bond acceptors (Lipinski definition) is 6. The quantitative estimate of drug-likeness (QED) is 0.803. The van der Waals surface area contributed by atoms with Crippen LogP contribution in [0.4, 0.5) is 0 Å². The number of nitrogens with zero attached hydrogens (tertiary/aromatic N) is 4. The average molecular weight is 344 g/mol. The molecule has 0 unspecified atom stereocenters. The summed E-state index contributed by atoms with van der Waals surface area (Å²) in [6.45, 7) is 13.2. The molecule has 136 valence electrons. The van der Waals surface area contributed by atoms with E-state index >= 15 is 0 Å². The summed E-state index contributed by atoms with van der Waals surface area (Å²) in [5.74, 6) is 2.35. The maximum absolute atomic E-state index is 5.70. The minimum absolute atomic E-state index is 0.177. The summed E-state index contributed by atoms with van der Waals surface area (Å²) in [7, 11) is 0. The Kier molecular flexibility index (Phi) is 5.71. The number of rotatable bonds is 6. The van der Waals surface area contributed by atoms with Crippen LogP contribution in [0.25, 0.3) is 0 Å². The summed E-state index contributed by atoms with van der Waals surface area (Å²) < 4.78 is 11.0. The van der Waals surface area contributed by atoms with Crippen LogP contribution in [0.3, 0.4) is 0 Å². The van der Waals surface area contributed by atoms with Gasteiger partial charge in [0.15, 0.2) is 5.82 Å². The second-order valence-corrected chi connectivity index (χ2v) is 6.98. The zero-order valence-corrected chi connectivity index (χ0v) is 15.6. The van der Waals surface area contributed by atoms with Crippen LogP contribution in [-0.4, -0.2) is 52.2 Å². The third-order valence-corrected chi connectivity index (χ3v) is 4.56. The molecule has 1 aromatic heterocycles. The molecular formula is C19H28N4O2. The molecule has 3 rings (SSSR count). The largest absolute Gasteiger partial charge is 0.491 e. The first-order valence-electron chi connectivity index (χ1n) is 9.03. The first-order valence-corrected chi connectivity index (χ1v) is 9.03. The maximum Gasteiger partial charge on any atom is 0.243 e. The van der Waals surface area contributed by atoms with Crippen molar-refractivity contribution in [1.82, 2.24) is 19.9 Å². The number of benzene rings is 1. The fraction of sp³-hybridized carbons (Fsp3) is 0.579. The highest BCUT2D eigenvalue weighted by molar-refractivity contribution is 5.27. The highest BCUT2D eigenvalue weighted by Gasteiger charge is 2.25. The van der Waals surface area contributed by atoms with Crippen molar-refractivity contribution in [2.24, 2.45) is 0 Å². The Labute approximate surface area is 149 Å². The van der Waals surface area contributed by atoms with Crippen molar-refractivity contribution in [1.29, 1.82) is 0 Å². The third-order valence-electron chi connectivity index (χ3n) is 4.56. The Morgan fingerprint density at radius 1 is 1.08 bits per heavy atom. The normalized spacial score (nSPS) is 17.8. The van der Waals surface area contributed by atoms with Crippen LogP contribution in [-0.2, 0) is 6.54 Å². The molecule has 1 aromatic carbocycles. The van der Waals surface area contributed by atoms with Crippen molar-refractivity contribution >= 4 is 0 Å². The van der Waals surface area contributed by atoms with E-state index in [4.69, 9.17) is 9.26 Å². The monoisotopic (exact) mass is 344 g/mol. The van der Waals surface area contributed by atoms with Crippen LogP contribution >= 0.6 is 0 Å². The number of aromatic nitrogens is 2. The lowest BCUT2D eigenvalue weighted by atomic mass is 10.1. The molecule has 0 aliphatic carbocycles. The predicted octanol–water partition coefficient (Wildman–Crippen LogP) is 3.04. The summed E-state index contributed by atoms with van der Waals surface area (Å²) in [5.41, 5.74) is 1.32. The van der Waals surface area contributed by atoms with Gasteiger partial charge in [0.25, 0.3) is 0 Å². The molecule has 1 atom stereocenters. The lowest BCUT2D eigenvalue weighted by molar-refractivity contribution is 0.0845. The lowest BCUT2D eigenvalue weighted by Crippen LogP contribution is -2.46. The summed E-state index contributed by atoms with van der Waals surface area (Å²) in [5, 5.41) is 3.89.